The van der Waals surface area contributed by atoms with Crippen LogP contribution in [0, 0.1) is 5.92 Å². The van der Waals surface area contributed by atoms with Gasteiger partial charge in [0, 0.05) is 9.79 Å². The first-order valence-corrected chi connectivity index (χ1v) is 12.5. The Balaban J connectivity index is 2.28. The van der Waals surface area contributed by atoms with Gasteiger partial charge in [-0.25, -0.2) is 0 Å². The van der Waals surface area contributed by atoms with Gasteiger partial charge in [0.15, 0.2) is 0 Å². The van der Waals surface area contributed by atoms with Crippen LogP contribution in [0.2, 0.25) is 0 Å². The van der Waals surface area contributed by atoms with E-state index in [4.69, 9.17) is 5.11 Å². The first-order valence-electron chi connectivity index (χ1n) is 10.8. The van der Waals surface area contributed by atoms with E-state index < -0.39 is 0 Å². The highest BCUT2D eigenvalue weighted by Crippen LogP contribution is 2.52. The van der Waals surface area contributed by atoms with E-state index in [2.05, 4.69) is 94.4 Å². The van der Waals surface area contributed by atoms with Crippen LogP contribution in [0.3, 0.4) is 0 Å². The van der Waals surface area contributed by atoms with E-state index in [0.29, 0.717) is 5.92 Å². The van der Waals surface area contributed by atoms with Crippen molar-refractivity contribution in [3.63, 3.8) is 0 Å². The fourth-order valence-electron chi connectivity index (χ4n) is 3.58. The predicted molar refractivity (Wildman–Crippen MR) is 135 cm³/mol. The summed E-state index contributed by atoms with van der Waals surface area (Å²) in [4.78, 5) is 2.66. The first kappa shape index (κ1) is 24.8. The van der Waals surface area contributed by atoms with Crippen LogP contribution in [0.25, 0.3) is 0 Å². The number of allylic oxidation sites excluding steroid dienone is 3. The molecule has 162 valence electrons. The maximum Gasteiger partial charge on any atom is 0.0744 e. The molecular formula is C27H36OS2. The van der Waals surface area contributed by atoms with E-state index in [0.717, 1.165) is 25.7 Å². The van der Waals surface area contributed by atoms with Crippen molar-refractivity contribution in [2.75, 3.05) is 6.61 Å². The topological polar surface area (TPSA) is 20.2 Å². The van der Waals surface area contributed by atoms with Crippen molar-refractivity contribution in [2.45, 2.75) is 67.2 Å². The summed E-state index contributed by atoms with van der Waals surface area (Å²) < 4.78 is 0.0490. The molecule has 0 spiro atoms. The molecule has 0 amide bonds. The summed E-state index contributed by atoms with van der Waals surface area (Å²) in [6.45, 7) is 9.16. The maximum absolute atomic E-state index is 9.06. The third kappa shape index (κ3) is 9.16. The Hall–Kier alpha value is -1.42. The van der Waals surface area contributed by atoms with Crippen LogP contribution in [0.1, 0.15) is 53.4 Å². The molecule has 1 nitrogen and oxygen atoms in total. The van der Waals surface area contributed by atoms with Crippen molar-refractivity contribution in [1.82, 2.24) is 0 Å². The number of hydrogen-bond donors (Lipinski definition) is 1. The Bertz CT molecular complexity index is 753. The quantitative estimate of drug-likeness (QED) is 0.203. The van der Waals surface area contributed by atoms with Gasteiger partial charge in [-0.1, -0.05) is 73.5 Å². The number of thioether (sulfide) groups is 2. The van der Waals surface area contributed by atoms with E-state index >= 15 is 0 Å². The lowest BCUT2D eigenvalue weighted by Gasteiger charge is -2.35. The molecule has 0 aliphatic heterocycles. The molecule has 30 heavy (non-hydrogen) atoms. The van der Waals surface area contributed by atoms with Gasteiger partial charge in [-0.15, -0.1) is 23.5 Å². The lowest BCUT2D eigenvalue weighted by molar-refractivity contribution is 0.341. The Labute approximate surface area is 192 Å². The molecule has 2 rings (SSSR count). The maximum atomic E-state index is 9.06. The number of aliphatic hydroxyl groups excluding tert-OH is 1. The third-order valence-corrected chi connectivity index (χ3v) is 7.71. The normalized spacial score (nSPS) is 13.1. The van der Waals surface area contributed by atoms with Gasteiger partial charge in [0.2, 0.25) is 0 Å². The van der Waals surface area contributed by atoms with Crippen molar-refractivity contribution in [3.05, 3.63) is 84.0 Å². The summed E-state index contributed by atoms with van der Waals surface area (Å²) >= 11 is 4.03. The van der Waals surface area contributed by atoms with Crippen molar-refractivity contribution in [1.29, 1.82) is 0 Å². The van der Waals surface area contributed by atoms with E-state index in [1.54, 1.807) is 0 Å². The first-order chi connectivity index (χ1) is 14.4. The van der Waals surface area contributed by atoms with Crippen molar-refractivity contribution in [2.24, 2.45) is 5.92 Å². The average Bonchev–Trinajstić information content (AvgIpc) is 2.69. The van der Waals surface area contributed by atoms with Gasteiger partial charge in [0.25, 0.3) is 0 Å². The SMILES string of the molecule is C/C(=C\CO)CC/C=C(\C)CC(CC(C)C)(Sc1ccccc1)Sc1ccccc1. The van der Waals surface area contributed by atoms with Crippen LogP contribution in [0.5, 0.6) is 0 Å². The Morgan fingerprint density at radius 2 is 1.40 bits per heavy atom. The summed E-state index contributed by atoms with van der Waals surface area (Å²) in [5.41, 5.74) is 2.70. The molecule has 3 heteroatoms. The molecular weight excluding hydrogens is 404 g/mol. The Morgan fingerprint density at radius 3 is 1.87 bits per heavy atom. The van der Waals surface area contributed by atoms with Crippen LogP contribution >= 0.6 is 23.5 Å². The van der Waals surface area contributed by atoms with Crippen molar-refractivity contribution < 1.29 is 5.11 Å². The van der Waals surface area contributed by atoms with Gasteiger partial charge in [-0.2, -0.15) is 0 Å². The number of benzene rings is 2. The Morgan fingerprint density at radius 1 is 0.867 bits per heavy atom. The summed E-state index contributed by atoms with van der Waals surface area (Å²) in [6, 6.07) is 21.6. The van der Waals surface area contributed by atoms with Gasteiger partial charge in [-0.3, -0.25) is 0 Å². The highest BCUT2D eigenvalue weighted by Gasteiger charge is 2.34. The molecule has 0 atom stereocenters. The minimum Gasteiger partial charge on any atom is -0.392 e. The van der Waals surface area contributed by atoms with Crippen LogP contribution in [0.4, 0.5) is 0 Å². The summed E-state index contributed by atoms with van der Waals surface area (Å²) in [6.07, 6.45) is 8.52. The molecule has 0 fully saturated rings. The molecule has 1 N–H and O–H groups in total. The van der Waals surface area contributed by atoms with Crippen LogP contribution in [-0.2, 0) is 0 Å². The fourth-order valence-corrected chi connectivity index (χ4v) is 7.20. The molecule has 0 unspecified atom stereocenters. The molecule has 0 aliphatic carbocycles. The van der Waals surface area contributed by atoms with E-state index in [9.17, 15) is 0 Å². The monoisotopic (exact) mass is 440 g/mol. The minimum atomic E-state index is 0.0490. The molecule has 0 aliphatic rings. The number of rotatable bonds is 12. The zero-order valence-corrected chi connectivity index (χ0v) is 20.4. The highest BCUT2D eigenvalue weighted by atomic mass is 32.2. The summed E-state index contributed by atoms with van der Waals surface area (Å²) in [7, 11) is 0. The largest absolute Gasteiger partial charge is 0.392 e. The van der Waals surface area contributed by atoms with Gasteiger partial charge in [0.1, 0.15) is 0 Å². The number of aliphatic hydroxyl groups is 1. The molecule has 2 aromatic rings. The van der Waals surface area contributed by atoms with E-state index in [1.807, 2.05) is 29.6 Å². The summed E-state index contributed by atoms with van der Waals surface area (Å²) in [5, 5.41) is 9.06. The molecule has 2 aromatic carbocycles. The van der Waals surface area contributed by atoms with Crippen LogP contribution in [0.15, 0.2) is 93.8 Å². The zero-order valence-electron chi connectivity index (χ0n) is 18.8. The van der Waals surface area contributed by atoms with Crippen molar-refractivity contribution >= 4 is 23.5 Å². The van der Waals surface area contributed by atoms with Crippen LogP contribution in [-0.4, -0.2) is 15.8 Å². The second-order valence-corrected chi connectivity index (χ2v) is 11.5. The van der Waals surface area contributed by atoms with Crippen LogP contribution < -0.4 is 0 Å². The second-order valence-electron chi connectivity index (χ2n) is 8.34. The molecule has 0 bridgehead atoms. The van der Waals surface area contributed by atoms with Gasteiger partial charge in [0.05, 0.1) is 10.7 Å². The standard InChI is InChI=1S/C27H36OS2/c1-22(2)20-27(29-25-14-7-5-8-15-25,30-26-16-9-6-10-17-26)21-24(4)13-11-12-23(3)18-19-28/h5-10,13-18,22,28H,11-12,19-21H2,1-4H3/b23-18+,24-13+. The van der Waals surface area contributed by atoms with E-state index in [-0.39, 0.29) is 10.7 Å². The second kappa shape index (κ2) is 13.1. The lowest BCUT2D eigenvalue weighted by atomic mass is 10.0. The third-order valence-electron chi connectivity index (χ3n) is 4.83. The van der Waals surface area contributed by atoms with Crippen molar-refractivity contribution in [3.8, 4) is 0 Å². The molecule has 0 radical (unpaired) electrons. The molecule has 0 heterocycles. The van der Waals surface area contributed by atoms with E-state index in [1.165, 1.54) is 20.9 Å². The highest BCUT2D eigenvalue weighted by molar-refractivity contribution is 8.18. The van der Waals surface area contributed by atoms with Gasteiger partial charge >= 0.3 is 0 Å². The number of hydrogen-bond acceptors (Lipinski definition) is 3. The van der Waals surface area contributed by atoms with Gasteiger partial charge in [-0.05, 0) is 69.7 Å². The molecule has 0 saturated heterocycles. The zero-order chi connectivity index (χ0) is 21.8. The Kier molecular flexibility index (Phi) is 10.8. The summed E-state index contributed by atoms with van der Waals surface area (Å²) in [5.74, 6) is 0.611. The molecule has 0 saturated carbocycles. The fraction of sp³-hybridized carbons (Fsp3) is 0.407. The molecule has 0 aromatic heterocycles. The predicted octanol–water partition coefficient (Wildman–Crippen LogP) is 8.37. The average molecular weight is 441 g/mol. The smallest absolute Gasteiger partial charge is 0.0744 e. The minimum absolute atomic E-state index is 0.0490. The van der Waals surface area contributed by atoms with Gasteiger partial charge < -0.3 is 5.11 Å². The lowest BCUT2D eigenvalue weighted by Crippen LogP contribution is -2.23.